The van der Waals surface area contributed by atoms with Gasteiger partial charge in [-0.2, -0.15) is 31.3 Å². The van der Waals surface area contributed by atoms with E-state index in [4.69, 9.17) is 23.7 Å². The fourth-order valence-corrected chi connectivity index (χ4v) is 5.47. The average Bonchev–Trinajstić information content (AvgIpc) is 3.81. The number of aliphatic carboxylic acids is 2. The SMILES string of the molecule is O=C(O)C(F)(F)F.O=C(O)C1(CN[C@H]2COc3cc(-c4noc(-c5onc(-c6ccccc6)c5C(F)(F)F)n4)ccc3[C@H]2O)CCCC1. The summed E-state index contributed by atoms with van der Waals surface area (Å²) in [5.74, 6) is -4.47. The first-order chi connectivity index (χ1) is 22.6. The van der Waals surface area contributed by atoms with Crippen LogP contribution in [0.3, 0.4) is 0 Å². The number of rotatable bonds is 7. The molecular weight excluding hydrogens is 658 g/mol. The standard InChI is InChI=1S/C28H25F3N4O6.C2HF3O2/c29-28(30,31)20-21(15-6-2-1-3-7-15)34-40-23(20)25-33-24(35-41-25)16-8-9-17-19(12-16)39-13-18(22(17)36)32-14-27(26(37)38)10-4-5-11-27;3-2(4,5)1(6)7/h1-3,6-9,12,18,22,32,36H,4-5,10-11,13-14H2,(H,37,38);(H,6,7)/t18-,22+;/m0./s1. The highest BCUT2D eigenvalue weighted by Crippen LogP contribution is 2.44. The van der Waals surface area contributed by atoms with Gasteiger partial charge in [0.15, 0.2) is 0 Å². The van der Waals surface area contributed by atoms with Crippen molar-refractivity contribution >= 4 is 11.9 Å². The molecule has 4 aromatic rings. The molecule has 2 aromatic carbocycles. The van der Waals surface area contributed by atoms with E-state index in [1.807, 2.05) is 0 Å². The van der Waals surface area contributed by atoms with Crippen molar-refractivity contribution in [3.63, 3.8) is 0 Å². The van der Waals surface area contributed by atoms with Gasteiger partial charge >= 0.3 is 24.3 Å². The van der Waals surface area contributed by atoms with Gasteiger partial charge in [0.05, 0.1) is 11.5 Å². The minimum absolute atomic E-state index is 0.0171. The number of nitrogens with one attached hydrogen (secondary N) is 1. The Labute approximate surface area is 266 Å². The first-order valence-electron chi connectivity index (χ1n) is 14.3. The summed E-state index contributed by atoms with van der Waals surface area (Å²) in [6.07, 6.45) is -8.00. The van der Waals surface area contributed by atoms with E-state index in [0.29, 0.717) is 29.7 Å². The smallest absolute Gasteiger partial charge is 0.490 e. The molecule has 2 aromatic heterocycles. The molecule has 2 atom stereocenters. The molecule has 18 heteroatoms. The fraction of sp³-hybridized carbons (Fsp3) is 0.367. The first kappa shape index (κ1) is 34.4. The van der Waals surface area contributed by atoms with Crippen LogP contribution in [-0.2, 0) is 15.8 Å². The fourth-order valence-electron chi connectivity index (χ4n) is 5.47. The number of hydrogen-bond donors (Lipinski definition) is 4. The van der Waals surface area contributed by atoms with Gasteiger partial charge in [0.25, 0.3) is 5.89 Å². The van der Waals surface area contributed by atoms with Gasteiger partial charge in [-0.25, -0.2) is 4.79 Å². The number of benzene rings is 2. The van der Waals surface area contributed by atoms with E-state index in [-0.39, 0.29) is 24.5 Å². The summed E-state index contributed by atoms with van der Waals surface area (Å²) in [5, 5.41) is 38.4. The van der Waals surface area contributed by atoms with Gasteiger partial charge in [0.2, 0.25) is 11.6 Å². The number of carboxylic acid groups (broad SMARTS) is 2. The Morgan fingerprint density at radius 3 is 2.21 bits per heavy atom. The maximum atomic E-state index is 14.0. The molecular formula is C30H26F6N4O8. The van der Waals surface area contributed by atoms with Crippen LogP contribution in [0, 0.1) is 5.41 Å². The van der Waals surface area contributed by atoms with Gasteiger partial charge in [-0.3, -0.25) is 4.79 Å². The van der Waals surface area contributed by atoms with Crippen LogP contribution in [0.5, 0.6) is 5.75 Å². The van der Waals surface area contributed by atoms with Gasteiger partial charge in [-0.1, -0.05) is 65.6 Å². The summed E-state index contributed by atoms with van der Waals surface area (Å²) in [4.78, 5) is 24.9. The Balaban J connectivity index is 0.000000582. The van der Waals surface area contributed by atoms with E-state index in [1.165, 1.54) is 12.1 Å². The van der Waals surface area contributed by atoms with E-state index in [1.54, 1.807) is 36.4 Å². The van der Waals surface area contributed by atoms with Crippen LogP contribution >= 0.6 is 0 Å². The van der Waals surface area contributed by atoms with Crippen molar-refractivity contribution in [1.82, 2.24) is 20.6 Å². The number of alkyl halides is 6. The second-order valence-electron chi connectivity index (χ2n) is 11.1. The molecule has 1 saturated carbocycles. The Hall–Kier alpha value is -4.97. The molecule has 48 heavy (non-hydrogen) atoms. The summed E-state index contributed by atoms with van der Waals surface area (Å²) in [6, 6.07) is 12.0. The number of aromatic nitrogens is 3. The van der Waals surface area contributed by atoms with Crippen LogP contribution in [0.2, 0.25) is 0 Å². The molecule has 6 rings (SSSR count). The molecule has 3 heterocycles. The number of carboxylic acids is 2. The van der Waals surface area contributed by atoms with E-state index in [2.05, 4.69) is 20.6 Å². The summed E-state index contributed by atoms with van der Waals surface area (Å²) >= 11 is 0. The molecule has 4 N–H and O–H groups in total. The van der Waals surface area contributed by atoms with Gasteiger partial charge in [0.1, 0.15) is 29.7 Å². The zero-order chi connectivity index (χ0) is 34.9. The number of aliphatic hydroxyl groups excluding tert-OH is 1. The molecule has 0 bridgehead atoms. The molecule has 1 fully saturated rings. The number of nitrogens with zero attached hydrogens (tertiary/aromatic N) is 3. The van der Waals surface area contributed by atoms with Crippen molar-refractivity contribution in [3.8, 4) is 40.0 Å². The Kier molecular flexibility index (Phi) is 9.50. The van der Waals surface area contributed by atoms with Gasteiger partial charge in [-0.05, 0) is 18.9 Å². The lowest BCUT2D eigenvalue weighted by molar-refractivity contribution is -0.192. The quantitative estimate of drug-likeness (QED) is 0.174. The zero-order valence-corrected chi connectivity index (χ0v) is 24.5. The van der Waals surface area contributed by atoms with Crippen molar-refractivity contribution in [1.29, 1.82) is 0 Å². The molecule has 0 amide bonds. The van der Waals surface area contributed by atoms with Crippen LogP contribution in [0.15, 0.2) is 57.6 Å². The average molecular weight is 685 g/mol. The molecule has 2 aliphatic rings. The monoisotopic (exact) mass is 684 g/mol. The van der Waals surface area contributed by atoms with E-state index < -0.39 is 64.8 Å². The lowest BCUT2D eigenvalue weighted by Crippen LogP contribution is -2.48. The third kappa shape index (κ3) is 7.13. The largest absolute Gasteiger partial charge is 0.491 e. The second-order valence-corrected chi connectivity index (χ2v) is 11.1. The van der Waals surface area contributed by atoms with Crippen LogP contribution in [0.1, 0.15) is 42.9 Å². The van der Waals surface area contributed by atoms with E-state index in [9.17, 15) is 41.4 Å². The predicted molar refractivity (Wildman–Crippen MR) is 150 cm³/mol. The van der Waals surface area contributed by atoms with Gasteiger partial charge < -0.3 is 34.4 Å². The highest BCUT2D eigenvalue weighted by molar-refractivity contribution is 5.75. The summed E-state index contributed by atoms with van der Waals surface area (Å²) in [7, 11) is 0. The maximum Gasteiger partial charge on any atom is 0.490 e. The Morgan fingerprint density at radius 1 is 0.938 bits per heavy atom. The van der Waals surface area contributed by atoms with Crippen molar-refractivity contribution in [3.05, 3.63) is 59.7 Å². The first-order valence-corrected chi connectivity index (χ1v) is 14.3. The van der Waals surface area contributed by atoms with Crippen LogP contribution in [-0.4, -0.2) is 67.9 Å². The summed E-state index contributed by atoms with van der Waals surface area (Å²) in [6.45, 7) is 0.306. The zero-order valence-electron chi connectivity index (χ0n) is 24.5. The summed E-state index contributed by atoms with van der Waals surface area (Å²) < 4.78 is 89.9. The number of aliphatic hydroxyl groups is 1. The van der Waals surface area contributed by atoms with E-state index >= 15 is 0 Å². The topological polar surface area (TPSA) is 181 Å². The number of halogens is 6. The molecule has 0 unspecified atom stereocenters. The van der Waals surface area contributed by atoms with Crippen molar-refractivity contribution in [2.24, 2.45) is 5.41 Å². The van der Waals surface area contributed by atoms with Crippen LogP contribution < -0.4 is 10.1 Å². The molecule has 1 aliphatic heterocycles. The van der Waals surface area contributed by atoms with Crippen LogP contribution in [0.4, 0.5) is 26.3 Å². The lowest BCUT2D eigenvalue weighted by atomic mass is 9.85. The van der Waals surface area contributed by atoms with Crippen LogP contribution in [0.25, 0.3) is 34.3 Å². The van der Waals surface area contributed by atoms with Crippen molar-refractivity contribution < 1.29 is 65.0 Å². The molecule has 256 valence electrons. The molecule has 0 spiro atoms. The third-order valence-electron chi connectivity index (χ3n) is 7.99. The van der Waals surface area contributed by atoms with Crippen molar-refractivity contribution in [2.45, 2.75) is 50.2 Å². The highest BCUT2D eigenvalue weighted by Gasteiger charge is 2.44. The lowest BCUT2D eigenvalue weighted by Gasteiger charge is -2.34. The Bertz CT molecular complexity index is 1770. The minimum Gasteiger partial charge on any atom is -0.491 e. The van der Waals surface area contributed by atoms with Gasteiger partial charge in [-0.15, -0.1) is 0 Å². The minimum atomic E-state index is -5.08. The Morgan fingerprint density at radius 2 is 1.60 bits per heavy atom. The van der Waals surface area contributed by atoms with Gasteiger partial charge in [0, 0.05) is 23.2 Å². The number of carbonyl (C=O) groups is 2. The molecule has 12 nitrogen and oxygen atoms in total. The maximum absolute atomic E-state index is 14.0. The second kappa shape index (κ2) is 13.3. The molecule has 1 aliphatic carbocycles. The van der Waals surface area contributed by atoms with Crippen molar-refractivity contribution in [2.75, 3.05) is 13.2 Å². The number of ether oxygens (including phenoxy) is 1. The number of fused-ring (bicyclic) bond motifs is 1. The third-order valence-corrected chi connectivity index (χ3v) is 7.99. The van der Waals surface area contributed by atoms with E-state index in [0.717, 1.165) is 12.8 Å². The normalized spacial score (nSPS) is 18.7. The number of hydrogen-bond acceptors (Lipinski definition) is 10. The molecule has 0 radical (unpaired) electrons. The highest BCUT2D eigenvalue weighted by atomic mass is 19.4. The predicted octanol–water partition coefficient (Wildman–Crippen LogP) is 5.74. The molecule has 0 saturated heterocycles. The summed E-state index contributed by atoms with van der Waals surface area (Å²) in [5.41, 5.74) is -1.30.